The van der Waals surface area contributed by atoms with E-state index in [-0.39, 0.29) is 23.1 Å². The number of hydrazine groups is 1. The van der Waals surface area contributed by atoms with Crippen LogP contribution in [0, 0.1) is 17.1 Å². The van der Waals surface area contributed by atoms with Gasteiger partial charge in [-0.2, -0.15) is 10.2 Å². The summed E-state index contributed by atoms with van der Waals surface area (Å²) in [5, 5.41) is 11.5. The Labute approximate surface area is 102 Å². The predicted octanol–water partition coefficient (Wildman–Crippen LogP) is 1.52. The molecule has 1 aromatic carbocycles. The first-order chi connectivity index (χ1) is 8.72. The monoisotopic (exact) mass is 244 g/mol. The average Bonchev–Trinajstić information content (AvgIpc) is 2.41. The molecule has 0 spiro atoms. The number of halogens is 1. The first kappa shape index (κ1) is 11.8. The second kappa shape index (κ2) is 5.07. The molecule has 2 aromatic rings. The number of aromatic nitrogens is 2. The third-order valence-electron chi connectivity index (χ3n) is 2.11. The van der Waals surface area contributed by atoms with Gasteiger partial charge in [0.25, 0.3) is 0 Å². The van der Waals surface area contributed by atoms with Gasteiger partial charge in [-0.15, -0.1) is 0 Å². The maximum atomic E-state index is 13.4. The van der Waals surface area contributed by atoms with Crippen molar-refractivity contribution in [2.24, 2.45) is 5.84 Å². The minimum Gasteiger partial charge on any atom is -0.338 e. The van der Waals surface area contributed by atoms with Crippen LogP contribution in [0.25, 0.3) is 0 Å². The van der Waals surface area contributed by atoms with E-state index < -0.39 is 5.82 Å². The highest BCUT2D eigenvalue weighted by molar-refractivity contribution is 5.58. The largest absolute Gasteiger partial charge is 0.338 e. The fourth-order valence-electron chi connectivity index (χ4n) is 1.33. The molecular formula is C11H9FN6. The first-order valence-electron chi connectivity index (χ1n) is 5.00. The average molecular weight is 244 g/mol. The molecule has 4 N–H and O–H groups in total. The number of nitrogen functional groups attached to an aromatic ring is 1. The van der Waals surface area contributed by atoms with Crippen molar-refractivity contribution in [1.29, 1.82) is 5.26 Å². The Kier molecular flexibility index (Phi) is 3.31. The molecule has 7 heteroatoms. The Morgan fingerprint density at radius 3 is 2.72 bits per heavy atom. The zero-order valence-corrected chi connectivity index (χ0v) is 9.18. The lowest BCUT2D eigenvalue weighted by molar-refractivity contribution is 0.632. The lowest BCUT2D eigenvalue weighted by Crippen LogP contribution is -2.12. The summed E-state index contributed by atoms with van der Waals surface area (Å²) in [6.07, 6.45) is 0. The summed E-state index contributed by atoms with van der Waals surface area (Å²) in [5.41, 5.74) is 2.61. The minimum atomic E-state index is -0.420. The number of benzene rings is 1. The Bertz CT molecular complexity index is 607. The van der Waals surface area contributed by atoms with Crippen molar-refractivity contribution in [1.82, 2.24) is 9.97 Å². The highest BCUT2D eigenvalue weighted by atomic mass is 19.1. The van der Waals surface area contributed by atoms with Crippen molar-refractivity contribution in [3.05, 3.63) is 41.8 Å². The Morgan fingerprint density at radius 1 is 1.28 bits per heavy atom. The molecule has 0 aliphatic heterocycles. The van der Waals surface area contributed by atoms with Crippen LogP contribution in [0.4, 0.5) is 21.8 Å². The van der Waals surface area contributed by atoms with Gasteiger partial charge in [0.05, 0.1) is 5.69 Å². The van der Waals surface area contributed by atoms with Gasteiger partial charge in [-0.1, -0.05) is 12.1 Å². The van der Waals surface area contributed by atoms with Crippen LogP contribution in [-0.4, -0.2) is 9.97 Å². The quantitative estimate of drug-likeness (QED) is 0.559. The van der Waals surface area contributed by atoms with Crippen LogP contribution in [0.3, 0.4) is 0 Å². The Balaban J connectivity index is 2.35. The van der Waals surface area contributed by atoms with Crippen LogP contribution in [-0.2, 0) is 0 Å². The van der Waals surface area contributed by atoms with Gasteiger partial charge in [-0.25, -0.2) is 15.2 Å². The zero-order valence-electron chi connectivity index (χ0n) is 9.18. The number of nitrogens with two attached hydrogens (primary N) is 1. The van der Waals surface area contributed by atoms with Crippen molar-refractivity contribution in [2.45, 2.75) is 0 Å². The molecule has 18 heavy (non-hydrogen) atoms. The standard InChI is InChI=1S/C11H9FN6/c12-8-3-1-2-4-9(8)16-10-5-7(6-13)15-11(17-10)18-14/h1-5H,14H2,(H2,15,16,17,18). The van der Waals surface area contributed by atoms with Crippen LogP contribution >= 0.6 is 0 Å². The maximum absolute atomic E-state index is 13.4. The molecule has 6 nitrogen and oxygen atoms in total. The van der Waals surface area contributed by atoms with Crippen molar-refractivity contribution in [2.75, 3.05) is 10.7 Å². The van der Waals surface area contributed by atoms with Crippen LogP contribution in [0.1, 0.15) is 5.69 Å². The van der Waals surface area contributed by atoms with Gasteiger partial charge < -0.3 is 5.32 Å². The van der Waals surface area contributed by atoms with Crippen LogP contribution < -0.4 is 16.6 Å². The summed E-state index contributed by atoms with van der Waals surface area (Å²) in [4.78, 5) is 7.75. The van der Waals surface area contributed by atoms with Crippen LogP contribution in [0.5, 0.6) is 0 Å². The van der Waals surface area contributed by atoms with Crippen molar-refractivity contribution >= 4 is 17.5 Å². The summed E-state index contributed by atoms with van der Waals surface area (Å²) >= 11 is 0. The lowest BCUT2D eigenvalue weighted by Gasteiger charge is -2.07. The molecule has 90 valence electrons. The summed E-state index contributed by atoms with van der Waals surface area (Å²) < 4.78 is 13.4. The van der Waals surface area contributed by atoms with E-state index in [0.717, 1.165) is 0 Å². The Hall–Kier alpha value is -2.72. The fourth-order valence-corrected chi connectivity index (χ4v) is 1.33. The SMILES string of the molecule is N#Cc1cc(Nc2ccccc2F)nc(NN)n1. The number of anilines is 3. The highest BCUT2D eigenvalue weighted by Gasteiger charge is 2.06. The molecule has 0 atom stereocenters. The van der Waals surface area contributed by atoms with Crippen LogP contribution in [0.15, 0.2) is 30.3 Å². The number of hydrogen-bond acceptors (Lipinski definition) is 6. The number of hydrogen-bond donors (Lipinski definition) is 3. The molecule has 0 aliphatic carbocycles. The van der Waals surface area contributed by atoms with E-state index in [9.17, 15) is 4.39 Å². The van der Waals surface area contributed by atoms with E-state index in [1.54, 1.807) is 18.2 Å². The molecule has 0 bridgehead atoms. The van der Waals surface area contributed by atoms with Gasteiger partial charge in [0.1, 0.15) is 23.4 Å². The molecule has 1 aromatic heterocycles. The molecule has 1 heterocycles. The van der Waals surface area contributed by atoms with E-state index in [1.807, 2.05) is 6.07 Å². The van der Waals surface area contributed by atoms with Gasteiger partial charge in [-0.3, -0.25) is 5.43 Å². The number of nitriles is 1. The molecule has 0 fully saturated rings. The summed E-state index contributed by atoms with van der Waals surface area (Å²) in [7, 11) is 0. The van der Waals surface area contributed by atoms with E-state index in [1.165, 1.54) is 12.1 Å². The zero-order chi connectivity index (χ0) is 13.0. The molecule has 0 aliphatic rings. The second-order valence-electron chi connectivity index (χ2n) is 3.32. The molecule has 2 rings (SSSR count). The number of nitrogens with one attached hydrogen (secondary N) is 2. The van der Waals surface area contributed by atoms with Crippen molar-refractivity contribution in [3.63, 3.8) is 0 Å². The second-order valence-corrected chi connectivity index (χ2v) is 3.32. The molecule has 0 saturated carbocycles. The predicted molar refractivity (Wildman–Crippen MR) is 64.2 cm³/mol. The topological polar surface area (TPSA) is 99.7 Å². The molecule has 0 amide bonds. The van der Waals surface area contributed by atoms with Gasteiger partial charge in [-0.05, 0) is 12.1 Å². The van der Waals surface area contributed by atoms with E-state index in [4.69, 9.17) is 11.1 Å². The van der Waals surface area contributed by atoms with Gasteiger partial charge in [0.15, 0.2) is 0 Å². The minimum absolute atomic E-state index is 0.0767. The first-order valence-corrected chi connectivity index (χ1v) is 5.00. The fraction of sp³-hybridized carbons (Fsp3) is 0. The Morgan fingerprint density at radius 2 is 2.06 bits per heavy atom. The molecule has 0 unspecified atom stereocenters. The van der Waals surface area contributed by atoms with Crippen LogP contribution in [0.2, 0.25) is 0 Å². The van der Waals surface area contributed by atoms with Crippen molar-refractivity contribution < 1.29 is 4.39 Å². The van der Waals surface area contributed by atoms with E-state index in [0.29, 0.717) is 0 Å². The maximum Gasteiger partial charge on any atom is 0.240 e. The summed E-state index contributed by atoms with van der Waals surface area (Å²) in [6, 6.07) is 9.39. The molecule has 0 saturated heterocycles. The molecular weight excluding hydrogens is 235 g/mol. The molecule has 0 radical (unpaired) electrons. The summed E-state index contributed by atoms with van der Waals surface area (Å²) in [6.45, 7) is 0. The third kappa shape index (κ3) is 2.50. The van der Waals surface area contributed by atoms with Gasteiger partial charge in [0, 0.05) is 6.07 Å². The van der Waals surface area contributed by atoms with Gasteiger partial charge >= 0.3 is 0 Å². The van der Waals surface area contributed by atoms with Crippen molar-refractivity contribution in [3.8, 4) is 6.07 Å². The number of para-hydroxylation sites is 1. The lowest BCUT2D eigenvalue weighted by atomic mass is 10.3. The number of rotatable bonds is 3. The van der Waals surface area contributed by atoms with E-state index >= 15 is 0 Å². The van der Waals surface area contributed by atoms with Gasteiger partial charge in [0.2, 0.25) is 5.95 Å². The third-order valence-corrected chi connectivity index (χ3v) is 2.11. The highest BCUT2D eigenvalue weighted by Crippen LogP contribution is 2.19. The smallest absolute Gasteiger partial charge is 0.240 e. The summed E-state index contributed by atoms with van der Waals surface area (Å²) in [5.74, 6) is 5.11. The normalized spacial score (nSPS) is 9.61. The number of nitrogens with zero attached hydrogens (tertiary/aromatic N) is 3. The van der Waals surface area contributed by atoms with E-state index in [2.05, 4.69) is 20.7 Å².